The van der Waals surface area contributed by atoms with Crippen molar-refractivity contribution in [3.05, 3.63) is 60.0 Å². The van der Waals surface area contributed by atoms with Gasteiger partial charge in [0.1, 0.15) is 22.8 Å². The van der Waals surface area contributed by atoms with E-state index < -0.39 is 0 Å². The molecule has 0 unspecified atom stereocenters. The molecule has 1 amide bonds. The summed E-state index contributed by atoms with van der Waals surface area (Å²) in [5.41, 5.74) is 2.00. The van der Waals surface area contributed by atoms with Gasteiger partial charge >= 0.3 is 0 Å². The van der Waals surface area contributed by atoms with E-state index in [2.05, 4.69) is 10.3 Å². The largest absolute Gasteiger partial charge is 0.497 e. The molecule has 2 aromatic heterocycles. The number of imidazole rings is 1. The number of hydrogen-bond donors (Lipinski definition) is 1. The first-order valence-electron chi connectivity index (χ1n) is 7.13. The first kappa shape index (κ1) is 14.9. The Morgan fingerprint density at radius 2 is 1.91 bits per heavy atom. The Bertz CT molecular complexity index is 787. The number of rotatable bonds is 5. The Labute approximate surface area is 133 Å². The van der Waals surface area contributed by atoms with E-state index in [1.807, 2.05) is 40.9 Å². The van der Waals surface area contributed by atoms with Crippen molar-refractivity contribution in [2.45, 2.75) is 6.54 Å². The number of methoxy groups -OCH3 is 2. The molecular formula is C17H17N3O3. The van der Waals surface area contributed by atoms with Gasteiger partial charge in [-0.15, -0.1) is 0 Å². The summed E-state index contributed by atoms with van der Waals surface area (Å²) in [5, 5.41) is 2.85. The van der Waals surface area contributed by atoms with Crippen LogP contribution in [0.3, 0.4) is 0 Å². The SMILES string of the molecule is COc1cc(CNC(=O)c2cn3ccccc3n2)cc(OC)c1. The summed E-state index contributed by atoms with van der Waals surface area (Å²) in [6.07, 6.45) is 3.56. The van der Waals surface area contributed by atoms with E-state index in [-0.39, 0.29) is 5.91 Å². The van der Waals surface area contributed by atoms with Crippen molar-refractivity contribution in [2.24, 2.45) is 0 Å². The molecule has 2 heterocycles. The molecule has 0 bridgehead atoms. The topological polar surface area (TPSA) is 64.9 Å². The van der Waals surface area contributed by atoms with Crippen LogP contribution in [0.1, 0.15) is 16.1 Å². The number of pyridine rings is 1. The van der Waals surface area contributed by atoms with Crippen LogP contribution in [0.15, 0.2) is 48.8 Å². The van der Waals surface area contributed by atoms with Crippen LogP contribution in [0.5, 0.6) is 11.5 Å². The van der Waals surface area contributed by atoms with Crippen molar-refractivity contribution in [2.75, 3.05) is 14.2 Å². The fourth-order valence-electron chi connectivity index (χ4n) is 2.29. The van der Waals surface area contributed by atoms with Crippen molar-refractivity contribution in [1.82, 2.24) is 14.7 Å². The Morgan fingerprint density at radius 3 is 2.57 bits per heavy atom. The van der Waals surface area contributed by atoms with E-state index in [1.165, 1.54) is 0 Å². The van der Waals surface area contributed by atoms with Crippen LogP contribution in [0, 0.1) is 0 Å². The van der Waals surface area contributed by atoms with Gasteiger partial charge in [0.15, 0.2) is 0 Å². The van der Waals surface area contributed by atoms with Gasteiger partial charge in [-0.2, -0.15) is 0 Å². The molecule has 3 rings (SSSR count). The lowest BCUT2D eigenvalue weighted by Crippen LogP contribution is -2.23. The van der Waals surface area contributed by atoms with Gasteiger partial charge < -0.3 is 19.2 Å². The van der Waals surface area contributed by atoms with Crippen LogP contribution in [-0.4, -0.2) is 29.5 Å². The second kappa shape index (κ2) is 6.39. The molecule has 0 spiro atoms. The highest BCUT2D eigenvalue weighted by Gasteiger charge is 2.11. The molecule has 1 aromatic carbocycles. The van der Waals surface area contributed by atoms with Crippen molar-refractivity contribution < 1.29 is 14.3 Å². The maximum atomic E-state index is 12.2. The minimum atomic E-state index is -0.226. The summed E-state index contributed by atoms with van der Waals surface area (Å²) < 4.78 is 12.2. The molecule has 1 N–H and O–H groups in total. The highest BCUT2D eigenvalue weighted by molar-refractivity contribution is 5.92. The van der Waals surface area contributed by atoms with E-state index >= 15 is 0 Å². The highest BCUT2D eigenvalue weighted by atomic mass is 16.5. The van der Waals surface area contributed by atoms with Crippen molar-refractivity contribution >= 4 is 11.6 Å². The molecule has 3 aromatic rings. The van der Waals surface area contributed by atoms with Crippen LogP contribution in [0.4, 0.5) is 0 Å². The molecule has 23 heavy (non-hydrogen) atoms. The highest BCUT2D eigenvalue weighted by Crippen LogP contribution is 2.22. The third kappa shape index (κ3) is 3.26. The Balaban J connectivity index is 1.73. The number of carbonyl (C=O) groups excluding carboxylic acids is 1. The molecule has 0 atom stereocenters. The zero-order valence-electron chi connectivity index (χ0n) is 12.9. The quantitative estimate of drug-likeness (QED) is 0.785. The number of fused-ring (bicyclic) bond motifs is 1. The smallest absolute Gasteiger partial charge is 0.271 e. The van der Waals surface area contributed by atoms with Gasteiger partial charge in [-0.05, 0) is 29.8 Å². The summed E-state index contributed by atoms with van der Waals surface area (Å²) in [6, 6.07) is 11.1. The second-order valence-corrected chi connectivity index (χ2v) is 5.00. The van der Waals surface area contributed by atoms with Crippen molar-refractivity contribution in [3.63, 3.8) is 0 Å². The third-order valence-electron chi connectivity index (χ3n) is 3.46. The van der Waals surface area contributed by atoms with Gasteiger partial charge in [0.05, 0.1) is 14.2 Å². The fourth-order valence-corrected chi connectivity index (χ4v) is 2.29. The zero-order chi connectivity index (χ0) is 16.2. The number of nitrogens with zero attached hydrogens (tertiary/aromatic N) is 2. The number of nitrogens with one attached hydrogen (secondary N) is 1. The molecule has 0 aliphatic rings. The van der Waals surface area contributed by atoms with Gasteiger partial charge in [-0.1, -0.05) is 6.07 Å². The predicted molar refractivity (Wildman–Crippen MR) is 85.9 cm³/mol. The first-order valence-corrected chi connectivity index (χ1v) is 7.13. The van der Waals surface area contributed by atoms with E-state index in [9.17, 15) is 4.79 Å². The van der Waals surface area contributed by atoms with Crippen LogP contribution >= 0.6 is 0 Å². The maximum absolute atomic E-state index is 12.2. The standard InChI is InChI=1S/C17H17N3O3/c1-22-13-7-12(8-14(9-13)23-2)10-18-17(21)15-11-20-6-4-3-5-16(20)19-15/h3-9,11H,10H2,1-2H3,(H,18,21). The lowest BCUT2D eigenvalue weighted by atomic mass is 10.2. The number of aromatic nitrogens is 2. The Morgan fingerprint density at radius 1 is 1.17 bits per heavy atom. The van der Waals surface area contributed by atoms with E-state index in [1.54, 1.807) is 26.5 Å². The van der Waals surface area contributed by atoms with Crippen LogP contribution in [0.25, 0.3) is 5.65 Å². The van der Waals surface area contributed by atoms with Crippen LogP contribution in [0.2, 0.25) is 0 Å². The van der Waals surface area contributed by atoms with Gasteiger partial charge in [0.2, 0.25) is 0 Å². The minimum Gasteiger partial charge on any atom is -0.497 e. The normalized spacial score (nSPS) is 10.5. The lowest BCUT2D eigenvalue weighted by molar-refractivity contribution is 0.0946. The summed E-state index contributed by atoms with van der Waals surface area (Å²) in [7, 11) is 3.18. The second-order valence-electron chi connectivity index (χ2n) is 5.00. The fraction of sp³-hybridized carbons (Fsp3) is 0.176. The monoisotopic (exact) mass is 311 g/mol. The van der Waals surface area contributed by atoms with E-state index in [0.29, 0.717) is 23.7 Å². The Hall–Kier alpha value is -3.02. The molecular weight excluding hydrogens is 294 g/mol. The molecule has 0 fully saturated rings. The number of hydrogen-bond acceptors (Lipinski definition) is 4. The van der Waals surface area contributed by atoms with Crippen molar-refractivity contribution in [3.8, 4) is 11.5 Å². The average molecular weight is 311 g/mol. The molecule has 0 saturated carbocycles. The lowest BCUT2D eigenvalue weighted by Gasteiger charge is -2.09. The first-order chi connectivity index (χ1) is 11.2. The summed E-state index contributed by atoms with van der Waals surface area (Å²) in [4.78, 5) is 16.5. The summed E-state index contributed by atoms with van der Waals surface area (Å²) in [6.45, 7) is 0.361. The summed E-state index contributed by atoms with van der Waals surface area (Å²) in [5.74, 6) is 1.14. The van der Waals surface area contributed by atoms with Crippen LogP contribution in [-0.2, 0) is 6.54 Å². The molecule has 0 aliphatic heterocycles. The number of benzene rings is 1. The predicted octanol–water partition coefficient (Wildman–Crippen LogP) is 2.28. The van der Waals surface area contributed by atoms with E-state index in [0.717, 1.165) is 11.2 Å². The maximum Gasteiger partial charge on any atom is 0.271 e. The van der Waals surface area contributed by atoms with Gasteiger partial charge in [-0.3, -0.25) is 4.79 Å². The van der Waals surface area contributed by atoms with Crippen LogP contribution < -0.4 is 14.8 Å². The summed E-state index contributed by atoms with van der Waals surface area (Å²) >= 11 is 0. The molecule has 6 nitrogen and oxygen atoms in total. The van der Waals surface area contributed by atoms with Gasteiger partial charge in [-0.25, -0.2) is 4.98 Å². The Kier molecular flexibility index (Phi) is 4.14. The molecule has 0 saturated heterocycles. The van der Waals surface area contributed by atoms with Crippen molar-refractivity contribution in [1.29, 1.82) is 0 Å². The molecule has 118 valence electrons. The number of carbonyl (C=O) groups is 1. The number of amides is 1. The minimum absolute atomic E-state index is 0.226. The van der Waals surface area contributed by atoms with E-state index in [4.69, 9.17) is 9.47 Å². The third-order valence-corrected chi connectivity index (χ3v) is 3.46. The molecule has 0 aliphatic carbocycles. The average Bonchev–Trinajstić information content (AvgIpc) is 3.03. The number of ether oxygens (including phenoxy) is 2. The van der Waals surface area contributed by atoms with Gasteiger partial charge in [0.25, 0.3) is 5.91 Å². The zero-order valence-corrected chi connectivity index (χ0v) is 12.9. The van der Waals surface area contributed by atoms with Gasteiger partial charge in [0, 0.05) is 25.0 Å². The molecule has 0 radical (unpaired) electrons. The molecule has 6 heteroatoms.